The number of sulfonamides is 1. The van der Waals surface area contributed by atoms with Crippen LogP contribution in [0.25, 0.3) is 0 Å². The SMILES string of the molecule is CCCCN(CC(N)=O)S(=O)(=O)c1cc(Br)sc1C. The number of primary amides is 1. The van der Waals surface area contributed by atoms with E-state index in [0.29, 0.717) is 17.8 Å². The second-order valence-corrected chi connectivity index (χ2v) is 8.67. The number of hydrogen-bond acceptors (Lipinski definition) is 4. The maximum Gasteiger partial charge on any atom is 0.244 e. The lowest BCUT2D eigenvalue weighted by atomic mass is 10.3. The molecule has 0 aliphatic rings. The molecule has 1 rings (SSSR count). The standard InChI is InChI=1S/C11H17BrN2O3S2/c1-3-4-5-14(7-11(13)15)19(16,17)9-6-10(12)18-8(9)2/h6H,3-5,7H2,1-2H3,(H2,13,15). The van der Waals surface area contributed by atoms with Crippen molar-refractivity contribution in [1.29, 1.82) is 0 Å². The van der Waals surface area contributed by atoms with Gasteiger partial charge in [-0.3, -0.25) is 4.79 Å². The summed E-state index contributed by atoms with van der Waals surface area (Å²) in [6, 6.07) is 1.56. The fourth-order valence-electron chi connectivity index (χ4n) is 1.62. The monoisotopic (exact) mass is 368 g/mol. The van der Waals surface area contributed by atoms with E-state index < -0.39 is 15.9 Å². The second kappa shape index (κ2) is 6.83. The summed E-state index contributed by atoms with van der Waals surface area (Å²) in [6.07, 6.45) is 1.54. The van der Waals surface area contributed by atoms with Crippen molar-refractivity contribution in [2.45, 2.75) is 31.6 Å². The van der Waals surface area contributed by atoms with Crippen molar-refractivity contribution in [2.24, 2.45) is 5.73 Å². The third kappa shape index (κ3) is 4.27. The molecule has 0 aliphatic heterocycles. The first-order valence-electron chi connectivity index (χ1n) is 5.83. The molecule has 1 aromatic heterocycles. The summed E-state index contributed by atoms with van der Waals surface area (Å²) in [4.78, 5) is 12.0. The van der Waals surface area contributed by atoms with Crippen molar-refractivity contribution in [3.63, 3.8) is 0 Å². The molecule has 0 bridgehead atoms. The predicted octanol–water partition coefficient (Wildman–Crippen LogP) is 2.10. The van der Waals surface area contributed by atoms with Gasteiger partial charge in [0.25, 0.3) is 0 Å². The molecule has 0 saturated carbocycles. The minimum atomic E-state index is -3.67. The van der Waals surface area contributed by atoms with E-state index in [1.807, 2.05) is 6.92 Å². The Morgan fingerprint density at radius 1 is 1.53 bits per heavy atom. The number of carbonyl (C=O) groups excluding carboxylic acids is 1. The van der Waals surface area contributed by atoms with E-state index in [0.717, 1.165) is 14.5 Å². The van der Waals surface area contributed by atoms with Gasteiger partial charge in [-0.1, -0.05) is 13.3 Å². The van der Waals surface area contributed by atoms with Crippen LogP contribution in [0, 0.1) is 6.92 Å². The average Bonchev–Trinajstić information content (AvgIpc) is 2.63. The van der Waals surface area contributed by atoms with Gasteiger partial charge in [-0.25, -0.2) is 8.42 Å². The lowest BCUT2D eigenvalue weighted by Crippen LogP contribution is -2.39. The van der Waals surface area contributed by atoms with E-state index in [9.17, 15) is 13.2 Å². The van der Waals surface area contributed by atoms with E-state index in [-0.39, 0.29) is 11.4 Å². The Kier molecular flexibility index (Phi) is 5.97. The van der Waals surface area contributed by atoms with Gasteiger partial charge in [0.05, 0.1) is 15.2 Å². The van der Waals surface area contributed by atoms with Crippen LogP contribution in [0.5, 0.6) is 0 Å². The minimum Gasteiger partial charge on any atom is -0.369 e. The number of aryl methyl sites for hydroxylation is 1. The summed E-state index contributed by atoms with van der Waals surface area (Å²) in [5.41, 5.74) is 5.13. The quantitative estimate of drug-likeness (QED) is 0.799. The normalized spacial score (nSPS) is 12.0. The highest BCUT2D eigenvalue weighted by atomic mass is 79.9. The first-order valence-corrected chi connectivity index (χ1v) is 8.88. The van der Waals surface area contributed by atoms with Crippen LogP contribution >= 0.6 is 27.3 Å². The number of nitrogens with two attached hydrogens (primary N) is 1. The fraction of sp³-hybridized carbons (Fsp3) is 0.545. The van der Waals surface area contributed by atoms with Crippen molar-refractivity contribution in [3.8, 4) is 0 Å². The van der Waals surface area contributed by atoms with Crippen LogP contribution in [0.15, 0.2) is 14.7 Å². The molecule has 0 fully saturated rings. The zero-order valence-corrected chi connectivity index (χ0v) is 14.1. The largest absolute Gasteiger partial charge is 0.369 e. The minimum absolute atomic E-state index is 0.238. The third-order valence-electron chi connectivity index (χ3n) is 2.55. The molecule has 2 N–H and O–H groups in total. The van der Waals surface area contributed by atoms with Crippen LogP contribution in [-0.4, -0.2) is 31.7 Å². The third-order valence-corrected chi connectivity index (χ3v) is 6.21. The average molecular weight is 369 g/mol. The molecule has 0 spiro atoms. The Bertz CT molecular complexity index is 554. The summed E-state index contributed by atoms with van der Waals surface area (Å²) >= 11 is 4.62. The van der Waals surface area contributed by atoms with E-state index in [2.05, 4.69) is 15.9 Å². The molecule has 19 heavy (non-hydrogen) atoms. The fourth-order valence-corrected chi connectivity index (χ4v) is 5.45. The van der Waals surface area contributed by atoms with Gasteiger partial charge in [-0.05, 0) is 35.3 Å². The van der Waals surface area contributed by atoms with E-state index in [4.69, 9.17) is 5.73 Å². The molecule has 8 heteroatoms. The van der Waals surface area contributed by atoms with Gasteiger partial charge < -0.3 is 5.73 Å². The Balaban J connectivity index is 3.11. The number of halogens is 1. The molecule has 1 amide bonds. The van der Waals surface area contributed by atoms with Crippen LogP contribution < -0.4 is 5.73 Å². The van der Waals surface area contributed by atoms with E-state index >= 15 is 0 Å². The molecule has 0 radical (unpaired) electrons. The number of amides is 1. The number of unbranched alkanes of at least 4 members (excludes halogenated alkanes) is 1. The highest BCUT2D eigenvalue weighted by Crippen LogP contribution is 2.31. The van der Waals surface area contributed by atoms with Gasteiger partial charge in [0.15, 0.2) is 0 Å². The van der Waals surface area contributed by atoms with Gasteiger partial charge >= 0.3 is 0 Å². The summed E-state index contributed by atoms with van der Waals surface area (Å²) < 4.78 is 26.9. The molecule has 0 saturated heterocycles. The lowest BCUT2D eigenvalue weighted by Gasteiger charge is -2.20. The highest BCUT2D eigenvalue weighted by Gasteiger charge is 2.28. The smallest absolute Gasteiger partial charge is 0.244 e. The second-order valence-electron chi connectivity index (χ2n) is 4.13. The number of carbonyl (C=O) groups is 1. The molecule has 1 heterocycles. The summed E-state index contributed by atoms with van der Waals surface area (Å²) in [5.74, 6) is -0.647. The Labute approximate surface area is 126 Å². The van der Waals surface area contributed by atoms with Gasteiger partial charge in [0.2, 0.25) is 15.9 Å². The molecule has 0 aliphatic carbocycles. The van der Waals surface area contributed by atoms with Crippen LogP contribution in [0.1, 0.15) is 24.6 Å². The maximum absolute atomic E-state index is 12.5. The number of thiophene rings is 1. The van der Waals surface area contributed by atoms with Crippen molar-refractivity contribution >= 4 is 43.2 Å². The summed E-state index contributed by atoms with van der Waals surface area (Å²) in [5, 5.41) is 0. The molecular weight excluding hydrogens is 352 g/mol. The molecule has 108 valence electrons. The predicted molar refractivity (Wildman–Crippen MR) is 79.6 cm³/mol. The van der Waals surface area contributed by atoms with Crippen LogP contribution in [-0.2, 0) is 14.8 Å². The zero-order valence-electron chi connectivity index (χ0n) is 10.8. The zero-order chi connectivity index (χ0) is 14.6. The van der Waals surface area contributed by atoms with Gasteiger partial charge in [0.1, 0.15) is 0 Å². The van der Waals surface area contributed by atoms with Gasteiger partial charge in [-0.2, -0.15) is 4.31 Å². The van der Waals surface area contributed by atoms with E-state index in [1.165, 1.54) is 11.3 Å². The molecular formula is C11H17BrN2O3S2. The molecule has 0 unspecified atom stereocenters. The van der Waals surface area contributed by atoms with Crippen molar-refractivity contribution in [3.05, 3.63) is 14.7 Å². The summed E-state index contributed by atoms with van der Waals surface area (Å²) in [6.45, 7) is 3.72. The summed E-state index contributed by atoms with van der Waals surface area (Å²) in [7, 11) is -3.67. The Morgan fingerprint density at radius 3 is 2.58 bits per heavy atom. The molecule has 5 nitrogen and oxygen atoms in total. The van der Waals surface area contributed by atoms with Crippen LogP contribution in [0.2, 0.25) is 0 Å². The first-order chi connectivity index (χ1) is 8.78. The van der Waals surface area contributed by atoms with Crippen molar-refractivity contribution in [1.82, 2.24) is 4.31 Å². The topological polar surface area (TPSA) is 80.5 Å². The van der Waals surface area contributed by atoms with Crippen molar-refractivity contribution < 1.29 is 13.2 Å². The first kappa shape index (κ1) is 16.6. The molecule has 0 aromatic carbocycles. The molecule has 1 aromatic rings. The van der Waals surface area contributed by atoms with Gasteiger partial charge in [-0.15, -0.1) is 11.3 Å². The van der Waals surface area contributed by atoms with Gasteiger partial charge in [0, 0.05) is 11.4 Å². The number of hydrogen-bond donors (Lipinski definition) is 1. The molecule has 0 atom stereocenters. The number of nitrogens with zero attached hydrogens (tertiary/aromatic N) is 1. The highest BCUT2D eigenvalue weighted by molar-refractivity contribution is 9.11. The lowest BCUT2D eigenvalue weighted by molar-refractivity contribution is -0.118. The maximum atomic E-state index is 12.5. The Hall–Kier alpha value is -0.440. The number of rotatable bonds is 7. The van der Waals surface area contributed by atoms with Crippen LogP contribution in [0.4, 0.5) is 0 Å². The van der Waals surface area contributed by atoms with Crippen molar-refractivity contribution in [2.75, 3.05) is 13.1 Å². The Morgan fingerprint density at radius 2 is 2.16 bits per heavy atom. The van der Waals surface area contributed by atoms with E-state index in [1.54, 1.807) is 13.0 Å². The van der Waals surface area contributed by atoms with Crippen LogP contribution in [0.3, 0.4) is 0 Å².